The van der Waals surface area contributed by atoms with Gasteiger partial charge in [0.1, 0.15) is 11.6 Å². The van der Waals surface area contributed by atoms with E-state index < -0.39 is 0 Å². The fourth-order valence-corrected chi connectivity index (χ4v) is 5.50. The van der Waals surface area contributed by atoms with Crippen molar-refractivity contribution in [3.8, 4) is 5.69 Å². The minimum absolute atomic E-state index is 0.0676. The third kappa shape index (κ3) is 3.07. The van der Waals surface area contributed by atoms with Crippen molar-refractivity contribution in [1.82, 2.24) is 14.8 Å². The van der Waals surface area contributed by atoms with Crippen LogP contribution in [-0.4, -0.2) is 27.4 Å². The third-order valence-corrected chi connectivity index (χ3v) is 6.86. The number of nitrogens with one attached hydrogen (secondary N) is 1. The molecule has 3 heterocycles. The molecule has 30 heavy (non-hydrogen) atoms. The van der Waals surface area contributed by atoms with Crippen molar-refractivity contribution < 1.29 is 4.39 Å². The molecule has 6 heteroatoms. The number of hydrogen-bond donors (Lipinski definition) is 1. The summed E-state index contributed by atoms with van der Waals surface area (Å²) >= 11 is 0. The Balaban J connectivity index is 1.27. The molecule has 3 unspecified atom stereocenters. The van der Waals surface area contributed by atoms with Gasteiger partial charge in [0.05, 0.1) is 12.2 Å². The number of fused-ring (bicyclic) bond motifs is 3. The first-order valence-corrected chi connectivity index (χ1v) is 10.7. The first-order valence-electron chi connectivity index (χ1n) is 10.7. The first-order chi connectivity index (χ1) is 14.7. The van der Waals surface area contributed by atoms with Gasteiger partial charge in [-0.25, -0.2) is 14.1 Å². The highest BCUT2D eigenvalue weighted by atomic mass is 19.1. The summed E-state index contributed by atoms with van der Waals surface area (Å²) in [5.41, 5.74) is 3.94. The van der Waals surface area contributed by atoms with Crippen molar-refractivity contribution in [3.05, 3.63) is 66.4 Å². The average Bonchev–Trinajstić information content (AvgIpc) is 3.52. The van der Waals surface area contributed by atoms with Crippen molar-refractivity contribution >= 4 is 23.3 Å². The number of anilines is 3. The molecule has 2 bridgehead atoms. The summed E-state index contributed by atoms with van der Waals surface area (Å²) in [5.74, 6) is 2.24. The van der Waals surface area contributed by atoms with E-state index in [-0.39, 0.29) is 5.83 Å². The number of benzene rings is 1. The van der Waals surface area contributed by atoms with Crippen LogP contribution in [0.5, 0.6) is 0 Å². The van der Waals surface area contributed by atoms with Gasteiger partial charge in [-0.15, -0.1) is 0 Å². The number of hydrogen-bond acceptors (Lipinski definition) is 4. The first kappa shape index (κ1) is 17.7. The van der Waals surface area contributed by atoms with Crippen molar-refractivity contribution in [2.75, 3.05) is 16.8 Å². The quantitative estimate of drug-likeness (QED) is 0.642. The van der Waals surface area contributed by atoms with E-state index in [0.29, 0.717) is 18.5 Å². The van der Waals surface area contributed by atoms with Crippen LogP contribution in [0.15, 0.2) is 60.8 Å². The Labute approximate surface area is 175 Å². The van der Waals surface area contributed by atoms with Gasteiger partial charge >= 0.3 is 0 Å². The Kier molecular flexibility index (Phi) is 4.11. The van der Waals surface area contributed by atoms with Gasteiger partial charge in [-0.1, -0.05) is 6.42 Å². The molecule has 1 aromatic carbocycles. The maximum absolute atomic E-state index is 14.4. The SMILES string of the molecule is FC1=Cc2cnc(Nc3ccc(-n4cccn4)cc3)cc2N(C2CC3CCC2C3)C1. The van der Waals surface area contributed by atoms with E-state index in [9.17, 15) is 4.39 Å². The molecular formula is C24H24FN5. The minimum atomic E-state index is -0.0676. The predicted octanol–water partition coefficient (Wildman–Crippen LogP) is 5.33. The molecule has 3 aliphatic rings. The second-order valence-electron chi connectivity index (χ2n) is 8.71. The van der Waals surface area contributed by atoms with E-state index >= 15 is 0 Å². The number of halogens is 1. The van der Waals surface area contributed by atoms with Crippen LogP contribution in [0.4, 0.5) is 21.6 Å². The molecule has 6 rings (SSSR count). The zero-order chi connectivity index (χ0) is 20.1. The fourth-order valence-electron chi connectivity index (χ4n) is 5.50. The van der Waals surface area contributed by atoms with Gasteiger partial charge in [-0.3, -0.25) is 0 Å². The molecule has 2 aromatic heterocycles. The van der Waals surface area contributed by atoms with Gasteiger partial charge in [0.2, 0.25) is 0 Å². The lowest BCUT2D eigenvalue weighted by Gasteiger charge is -2.38. The van der Waals surface area contributed by atoms with Crippen LogP contribution in [0, 0.1) is 11.8 Å². The zero-order valence-electron chi connectivity index (χ0n) is 16.7. The van der Waals surface area contributed by atoms with Gasteiger partial charge < -0.3 is 10.2 Å². The van der Waals surface area contributed by atoms with E-state index in [1.807, 2.05) is 41.2 Å². The molecular weight excluding hydrogens is 377 g/mol. The molecule has 5 nitrogen and oxygen atoms in total. The lowest BCUT2D eigenvalue weighted by molar-refractivity contribution is 0.390. The Morgan fingerprint density at radius 2 is 2.00 bits per heavy atom. The molecule has 152 valence electrons. The summed E-state index contributed by atoms with van der Waals surface area (Å²) in [5, 5.41) is 7.66. The van der Waals surface area contributed by atoms with Crippen molar-refractivity contribution in [2.24, 2.45) is 11.8 Å². The van der Waals surface area contributed by atoms with Crippen LogP contribution in [0.2, 0.25) is 0 Å². The summed E-state index contributed by atoms with van der Waals surface area (Å²) in [7, 11) is 0. The van der Waals surface area contributed by atoms with Crippen LogP contribution in [0.1, 0.15) is 31.2 Å². The van der Waals surface area contributed by atoms with Gasteiger partial charge in [-0.2, -0.15) is 5.10 Å². The summed E-state index contributed by atoms with van der Waals surface area (Å²) < 4.78 is 16.2. The minimum Gasteiger partial charge on any atom is -0.361 e. The van der Waals surface area contributed by atoms with Gasteiger partial charge in [0.15, 0.2) is 0 Å². The molecule has 3 atom stereocenters. The highest BCUT2D eigenvalue weighted by Crippen LogP contribution is 2.49. The molecule has 2 aliphatic carbocycles. The largest absolute Gasteiger partial charge is 0.361 e. The van der Waals surface area contributed by atoms with Crippen LogP contribution in [-0.2, 0) is 0 Å². The maximum atomic E-state index is 14.4. The van der Waals surface area contributed by atoms with Crippen LogP contribution in [0.25, 0.3) is 11.8 Å². The number of rotatable bonds is 4. The summed E-state index contributed by atoms with van der Waals surface area (Å²) in [6.07, 6.45) is 12.2. The van der Waals surface area contributed by atoms with Gasteiger partial charge in [-0.05, 0) is 67.5 Å². The Bertz CT molecular complexity index is 1090. The van der Waals surface area contributed by atoms with Crippen molar-refractivity contribution in [1.29, 1.82) is 0 Å². The van der Waals surface area contributed by atoms with Crippen LogP contribution >= 0.6 is 0 Å². The van der Waals surface area contributed by atoms with Crippen molar-refractivity contribution in [3.63, 3.8) is 0 Å². The molecule has 0 spiro atoms. The zero-order valence-corrected chi connectivity index (χ0v) is 16.7. The average molecular weight is 401 g/mol. The highest BCUT2D eigenvalue weighted by Gasteiger charge is 2.43. The third-order valence-electron chi connectivity index (χ3n) is 6.86. The standard InChI is InChI=1S/C24H24FN5/c25-19-12-18-14-26-24(28-20-4-6-21(7-5-20)30-9-1-8-27-30)13-23(18)29(15-19)22-11-16-2-3-17(22)10-16/h1,4-9,12-14,16-17,22H,2-3,10-11,15H2,(H,26,28). The molecule has 2 saturated carbocycles. The maximum Gasteiger partial charge on any atom is 0.132 e. The second-order valence-corrected chi connectivity index (χ2v) is 8.71. The van der Waals surface area contributed by atoms with Gasteiger partial charge in [0, 0.05) is 47.6 Å². The molecule has 2 fully saturated rings. The van der Waals surface area contributed by atoms with E-state index in [1.54, 1.807) is 18.5 Å². The monoisotopic (exact) mass is 401 g/mol. The number of nitrogens with zero attached hydrogens (tertiary/aromatic N) is 4. The summed E-state index contributed by atoms with van der Waals surface area (Å²) in [4.78, 5) is 6.83. The second kappa shape index (κ2) is 6.97. The van der Waals surface area contributed by atoms with Gasteiger partial charge in [0.25, 0.3) is 0 Å². The van der Waals surface area contributed by atoms with E-state index in [2.05, 4.69) is 26.4 Å². The lowest BCUT2D eigenvalue weighted by atomic mass is 9.92. The van der Waals surface area contributed by atoms with Crippen molar-refractivity contribution in [2.45, 2.75) is 31.7 Å². The normalized spacial score (nSPS) is 24.6. The molecule has 1 N–H and O–H groups in total. The van der Waals surface area contributed by atoms with E-state index in [0.717, 1.165) is 34.4 Å². The molecule has 3 aromatic rings. The molecule has 0 radical (unpaired) electrons. The Morgan fingerprint density at radius 1 is 1.10 bits per heavy atom. The van der Waals surface area contributed by atoms with Crippen LogP contribution < -0.4 is 10.2 Å². The van der Waals surface area contributed by atoms with E-state index in [4.69, 9.17) is 0 Å². The Hall–Kier alpha value is -3.15. The van der Waals surface area contributed by atoms with E-state index in [1.165, 1.54) is 25.7 Å². The highest BCUT2D eigenvalue weighted by molar-refractivity contribution is 5.76. The predicted molar refractivity (Wildman–Crippen MR) is 117 cm³/mol. The fraction of sp³-hybridized carbons (Fsp3) is 0.333. The van der Waals surface area contributed by atoms with Crippen LogP contribution in [0.3, 0.4) is 0 Å². The lowest BCUT2D eigenvalue weighted by Crippen LogP contribution is -2.41. The summed E-state index contributed by atoms with van der Waals surface area (Å²) in [6, 6.07) is 12.5. The smallest absolute Gasteiger partial charge is 0.132 e. The molecule has 1 aliphatic heterocycles. The molecule has 0 amide bonds. The number of aromatic nitrogens is 3. The number of pyridine rings is 1. The molecule has 0 saturated heterocycles. The Morgan fingerprint density at radius 3 is 2.73 bits per heavy atom. The summed E-state index contributed by atoms with van der Waals surface area (Å²) in [6.45, 7) is 0.378. The topological polar surface area (TPSA) is 46.0 Å².